The van der Waals surface area contributed by atoms with E-state index in [9.17, 15) is 4.79 Å². The van der Waals surface area contributed by atoms with Crippen molar-refractivity contribution >= 4 is 5.78 Å². The quantitative estimate of drug-likeness (QED) is 0.814. The molecule has 3 nitrogen and oxygen atoms in total. The van der Waals surface area contributed by atoms with E-state index in [1.54, 1.807) is 0 Å². The van der Waals surface area contributed by atoms with Gasteiger partial charge in [-0.15, -0.1) is 0 Å². The number of ether oxygens (including phenoxy) is 1. The fourth-order valence-corrected chi connectivity index (χ4v) is 2.54. The molecule has 1 fully saturated rings. The molecule has 0 aliphatic heterocycles. The van der Waals surface area contributed by atoms with Crippen molar-refractivity contribution in [2.45, 2.75) is 33.1 Å². The number of aryl methyl sites for hydroxylation is 1. The number of carbonyl (C=O) groups is 1. The second-order valence-electron chi connectivity index (χ2n) is 5.08. The van der Waals surface area contributed by atoms with E-state index >= 15 is 0 Å². The first-order chi connectivity index (χ1) is 8.63. The number of benzene rings is 1. The summed E-state index contributed by atoms with van der Waals surface area (Å²) in [6.45, 7) is 5.02. The second-order valence-corrected chi connectivity index (χ2v) is 5.08. The molecular weight excluding hydrogens is 226 g/mol. The van der Waals surface area contributed by atoms with Crippen LogP contribution in [0, 0.1) is 12.3 Å². The Morgan fingerprint density at radius 1 is 1.44 bits per heavy atom. The molecule has 1 aliphatic carbocycles. The molecule has 0 atom stereocenters. The lowest BCUT2D eigenvalue weighted by molar-refractivity contribution is 0.0636. The van der Waals surface area contributed by atoms with Crippen molar-refractivity contribution in [2.24, 2.45) is 11.1 Å². The fourth-order valence-electron chi connectivity index (χ4n) is 2.54. The van der Waals surface area contributed by atoms with Gasteiger partial charge in [0, 0.05) is 17.5 Å². The standard InChI is InChI=1S/C15H21NO2/c1-3-18-13-6-5-12(9-11(13)2)14(17)15(10-16)7-4-8-15/h5-6,9H,3-4,7-8,10,16H2,1-2H3. The summed E-state index contributed by atoms with van der Waals surface area (Å²) in [6, 6.07) is 5.66. The Balaban J connectivity index is 2.23. The average molecular weight is 247 g/mol. The summed E-state index contributed by atoms with van der Waals surface area (Å²) in [4.78, 5) is 12.5. The van der Waals surface area contributed by atoms with Gasteiger partial charge in [-0.05, 0) is 50.5 Å². The lowest BCUT2D eigenvalue weighted by atomic mass is 9.64. The molecular formula is C15H21NO2. The molecule has 1 aromatic rings. The molecule has 0 bridgehead atoms. The SMILES string of the molecule is CCOc1ccc(C(=O)C2(CN)CCC2)cc1C. The average Bonchev–Trinajstić information content (AvgIpc) is 2.31. The third kappa shape index (κ3) is 2.15. The molecule has 18 heavy (non-hydrogen) atoms. The Labute approximate surface area is 108 Å². The zero-order valence-electron chi connectivity index (χ0n) is 11.2. The van der Waals surface area contributed by atoms with E-state index in [2.05, 4.69) is 0 Å². The highest BCUT2D eigenvalue weighted by atomic mass is 16.5. The number of nitrogens with two attached hydrogens (primary N) is 1. The van der Waals surface area contributed by atoms with E-state index < -0.39 is 0 Å². The molecule has 0 heterocycles. The topological polar surface area (TPSA) is 52.3 Å². The molecule has 0 spiro atoms. The lowest BCUT2D eigenvalue weighted by Gasteiger charge is -2.39. The third-order valence-electron chi connectivity index (χ3n) is 3.92. The summed E-state index contributed by atoms with van der Waals surface area (Å²) in [7, 11) is 0. The Hall–Kier alpha value is -1.35. The minimum Gasteiger partial charge on any atom is -0.494 e. The molecule has 98 valence electrons. The molecule has 0 radical (unpaired) electrons. The van der Waals surface area contributed by atoms with Gasteiger partial charge < -0.3 is 10.5 Å². The van der Waals surface area contributed by atoms with Crippen molar-refractivity contribution in [3.63, 3.8) is 0 Å². The smallest absolute Gasteiger partial charge is 0.170 e. The minimum atomic E-state index is -0.292. The first kappa shape index (κ1) is 13.1. The first-order valence-electron chi connectivity index (χ1n) is 6.61. The zero-order chi connectivity index (χ0) is 13.2. The molecule has 0 unspecified atom stereocenters. The highest BCUT2D eigenvalue weighted by molar-refractivity contribution is 6.01. The van der Waals surface area contributed by atoms with Crippen LogP contribution in [0.4, 0.5) is 0 Å². The molecule has 1 aromatic carbocycles. The van der Waals surface area contributed by atoms with Crippen LogP contribution in [0.15, 0.2) is 18.2 Å². The molecule has 2 N–H and O–H groups in total. The predicted molar refractivity (Wildman–Crippen MR) is 72.0 cm³/mol. The molecule has 1 aliphatic rings. The van der Waals surface area contributed by atoms with E-state index in [0.717, 1.165) is 36.1 Å². The van der Waals surface area contributed by atoms with Gasteiger partial charge in [0.2, 0.25) is 0 Å². The molecule has 0 saturated heterocycles. The summed E-state index contributed by atoms with van der Waals surface area (Å²) >= 11 is 0. The van der Waals surface area contributed by atoms with Gasteiger partial charge in [-0.3, -0.25) is 4.79 Å². The summed E-state index contributed by atoms with van der Waals surface area (Å²) in [5.41, 5.74) is 7.26. The van der Waals surface area contributed by atoms with Gasteiger partial charge in [0.1, 0.15) is 5.75 Å². The number of hydrogen-bond acceptors (Lipinski definition) is 3. The summed E-state index contributed by atoms with van der Waals surface area (Å²) in [5, 5.41) is 0. The fraction of sp³-hybridized carbons (Fsp3) is 0.533. The van der Waals surface area contributed by atoms with E-state index in [0.29, 0.717) is 13.2 Å². The van der Waals surface area contributed by atoms with Crippen LogP contribution in [-0.2, 0) is 0 Å². The molecule has 0 amide bonds. The van der Waals surface area contributed by atoms with Crippen LogP contribution in [0.25, 0.3) is 0 Å². The van der Waals surface area contributed by atoms with Crippen molar-refractivity contribution in [1.29, 1.82) is 0 Å². The van der Waals surface area contributed by atoms with Gasteiger partial charge in [-0.25, -0.2) is 0 Å². The van der Waals surface area contributed by atoms with E-state index in [1.807, 2.05) is 32.0 Å². The van der Waals surface area contributed by atoms with Crippen LogP contribution in [0.5, 0.6) is 5.75 Å². The van der Waals surface area contributed by atoms with Crippen molar-refractivity contribution in [1.82, 2.24) is 0 Å². The highest BCUT2D eigenvalue weighted by Crippen LogP contribution is 2.42. The summed E-state index contributed by atoms with van der Waals surface area (Å²) < 4.78 is 5.49. The Kier molecular flexibility index (Phi) is 3.71. The summed E-state index contributed by atoms with van der Waals surface area (Å²) in [6.07, 6.45) is 2.96. The van der Waals surface area contributed by atoms with Crippen LogP contribution < -0.4 is 10.5 Å². The van der Waals surface area contributed by atoms with Crippen molar-refractivity contribution in [3.8, 4) is 5.75 Å². The van der Waals surface area contributed by atoms with Crippen LogP contribution >= 0.6 is 0 Å². The van der Waals surface area contributed by atoms with Crippen LogP contribution in [0.3, 0.4) is 0 Å². The maximum absolute atomic E-state index is 12.5. The van der Waals surface area contributed by atoms with Gasteiger partial charge in [-0.1, -0.05) is 6.42 Å². The van der Waals surface area contributed by atoms with Crippen LogP contribution in [0.1, 0.15) is 42.1 Å². The minimum absolute atomic E-state index is 0.197. The van der Waals surface area contributed by atoms with Crippen LogP contribution in [-0.4, -0.2) is 18.9 Å². The summed E-state index contributed by atoms with van der Waals surface area (Å²) in [5.74, 6) is 1.05. The number of hydrogen-bond donors (Lipinski definition) is 1. The van der Waals surface area contributed by atoms with Gasteiger partial charge in [0.25, 0.3) is 0 Å². The number of carbonyl (C=O) groups excluding carboxylic acids is 1. The zero-order valence-corrected chi connectivity index (χ0v) is 11.2. The number of rotatable bonds is 5. The van der Waals surface area contributed by atoms with Gasteiger partial charge >= 0.3 is 0 Å². The highest BCUT2D eigenvalue weighted by Gasteiger charge is 2.42. The normalized spacial score (nSPS) is 17.1. The Bertz CT molecular complexity index is 444. The Morgan fingerprint density at radius 2 is 2.17 bits per heavy atom. The van der Waals surface area contributed by atoms with Crippen molar-refractivity contribution < 1.29 is 9.53 Å². The monoisotopic (exact) mass is 247 g/mol. The van der Waals surface area contributed by atoms with Crippen molar-refractivity contribution in [2.75, 3.05) is 13.2 Å². The second kappa shape index (κ2) is 5.11. The van der Waals surface area contributed by atoms with Crippen molar-refractivity contribution in [3.05, 3.63) is 29.3 Å². The molecule has 0 aromatic heterocycles. The van der Waals surface area contributed by atoms with E-state index in [-0.39, 0.29) is 11.2 Å². The van der Waals surface area contributed by atoms with Crippen LogP contribution in [0.2, 0.25) is 0 Å². The Morgan fingerprint density at radius 3 is 2.61 bits per heavy atom. The van der Waals surface area contributed by atoms with Gasteiger partial charge in [0.05, 0.1) is 6.61 Å². The number of Topliss-reactive ketones (excluding diaryl/α,β-unsaturated/α-hetero) is 1. The molecule has 2 rings (SSSR count). The predicted octanol–water partition coefficient (Wildman–Crippen LogP) is 2.71. The van der Waals surface area contributed by atoms with E-state index in [1.165, 1.54) is 0 Å². The third-order valence-corrected chi connectivity index (χ3v) is 3.92. The first-order valence-corrected chi connectivity index (χ1v) is 6.61. The maximum Gasteiger partial charge on any atom is 0.170 e. The van der Waals surface area contributed by atoms with E-state index in [4.69, 9.17) is 10.5 Å². The lowest BCUT2D eigenvalue weighted by Crippen LogP contribution is -2.44. The largest absolute Gasteiger partial charge is 0.494 e. The van der Waals surface area contributed by atoms with Gasteiger partial charge in [-0.2, -0.15) is 0 Å². The number of ketones is 1. The molecule has 3 heteroatoms. The maximum atomic E-state index is 12.5. The molecule has 1 saturated carbocycles. The van der Waals surface area contributed by atoms with Gasteiger partial charge in [0.15, 0.2) is 5.78 Å².